The van der Waals surface area contributed by atoms with Gasteiger partial charge in [0.25, 0.3) is 0 Å². The van der Waals surface area contributed by atoms with Crippen molar-refractivity contribution in [3.8, 4) is 11.5 Å². The molecule has 0 N–H and O–H groups in total. The van der Waals surface area contributed by atoms with Gasteiger partial charge in [0.15, 0.2) is 11.5 Å². The number of thiol groups is 1. The molecule has 0 bridgehead atoms. The summed E-state index contributed by atoms with van der Waals surface area (Å²) in [6.45, 7) is 2.04. The van der Waals surface area contributed by atoms with E-state index >= 15 is 0 Å². The number of hydrogen-bond acceptors (Lipinski definition) is 4. The first-order valence-electron chi connectivity index (χ1n) is 4.68. The van der Waals surface area contributed by atoms with Crippen molar-refractivity contribution < 1.29 is 9.47 Å². The van der Waals surface area contributed by atoms with Crippen molar-refractivity contribution in [2.24, 2.45) is 0 Å². The lowest BCUT2D eigenvalue weighted by Gasteiger charge is -2.20. The van der Waals surface area contributed by atoms with Crippen LogP contribution in [0.2, 0.25) is 0 Å². The minimum absolute atomic E-state index is 0.663. The van der Waals surface area contributed by atoms with E-state index < -0.39 is 0 Å². The van der Waals surface area contributed by atoms with Gasteiger partial charge >= 0.3 is 0 Å². The maximum Gasteiger partial charge on any atom is 0.162 e. The van der Waals surface area contributed by atoms with Gasteiger partial charge < -0.3 is 14.4 Å². The summed E-state index contributed by atoms with van der Waals surface area (Å²) in [5, 5.41) is 0. The van der Waals surface area contributed by atoms with Gasteiger partial charge in [-0.1, -0.05) is 0 Å². The Kier molecular flexibility index (Phi) is 4.15. The molecule has 0 spiro atoms. The Labute approximate surface area is 96.4 Å². The predicted molar refractivity (Wildman–Crippen MR) is 66.5 cm³/mol. The third-order valence-electron chi connectivity index (χ3n) is 2.33. The Hall–Kier alpha value is -1.03. The van der Waals surface area contributed by atoms with E-state index in [1.165, 1.54) is 0 Å². The van der Waals surface area contributed by atoms with Crippen LogP contribution in [0.4, 0.5) is 5.69 Å². The van der Waals surface area contributed by atoms with Gasteiger partial charge in [-0.25, -0.2) is 0 Å². The lowest BCUT2D eigenvalue weighted by atomic mass is 10.1. The summed E-state index contributed by atoms with van der Waals surface area (Å²) in [4.78, 5) is 2.04. The van der Waals surface area contributed by atoms with E-state index in [9.17, 15) is 0 Å². The first kappa shape index (κ1) is 12.0. The number of hydrogen-bond donors (Lipinski definition) is 1. The summed E-state index contributed by atoms with van der Waals surface area (Å²) in [6.07, 6.45) is 0. The third kappa shape index (κ3) is 2.50. The molecule has 0 unspecified atom stereocenters. The first-order valence-corrected chi connectivity index (χ1v) is 5.32. The van der Waals surface area contributed by atoms with Crippen LogP contribution < -0.4 is 14.4 Å². The quantitative estimate of drug-likeness (QED) is 0.630. The standard InChI is InChI=1S/C11H17NO2S/c1-8-5-10(13-3)11(14-4)6-9(8)12(2)7-15/h5-6,15H,7H2,1-4H3. The molecule has 84 valence electrons. The molecule has 0 aliphatic rings. The Morgan fingerprint density at radius 3 is 2.20 bits per heavy atom. The molecule has 0 heterocycles. The van der Waals surface area contributed by atoms with Crippen molar-refractivity contribution in [2.75, 3.05) is 32.0 Å². The van der Waals surface area contributed by atoms with E-state index in [2.05, 4.69) is 12.6 Å². The highest BCUT2D eigenvalue weighted by atomic mass is 32.1. The van der Waals surface area contributed by atoms with Crippen molar-refractivity contribution in [3.63, 3.8) is 0 Å². The molecule has 15 heavy (non-hydrogen) atoms. The zero-order chi connectivity index (χ0) is 11.4. The number of ether oxygens (including phenoxy) is 2. The van der Waals surface area contributed by atoms with Crippen molar-refractivity contribution >= 4 is 18.3 Å². The number of methoxy groups -OCH3 is 2. The van der Waals surface area contributed by atoms with Gasteiger partial charge in [-0.3, -0.25) is 0 Å². The predicted octanol–water partition coefficient (Wildman–Crippen LogP) is 2.34. The minimum atomic E-state index is 0.663. The topological polar surface area (TPSA) is 21.7 Å². The molecule has 3 nitrogen and oxygen atoms in total. The van der Waals surface area contributed by atoms with Crippen LogP contribution >= 0.6 is 12.6 Å². The van der Waals surface area contributed by atoms with Gasteiger partial charge in [0.1, 0.15) is 0 Å². The molecule has 0 saturated carbocycles. The maximum absolute atomic E-state index is 5.25. The first-order chi connectivity index (χ1) is 7.13. The summed E-state index contributed by atoms with van der Waals surface area (Å²) >= 11 is 4.24. The molecule has 0 aliphatic carbocycles. The highest BCUT2D eigenvalue weighted by Gasteiger charge is 2.10. The zero-order valence-corrected chi connectivity index (χ0v) is 10.5. The van der Waals surface area contributed by atoms with Crippen LogP contribution in [-0.4, -0.2) is 27.1 Å². The van der Waals surface area contributed by atoms with E-state index in [0.717, 1.165) is 22.7 Å². The van der Waals surface area contributed by atoms with Crippen LogP contribution in [0, 0.1) is 6.92 Å². The fraction of sp³-hybridized carbons (Fsp3) is 0.455. The SMILES string of the molecule is COc1cc(C)c(N(C)CS)cc1OC. The molecule has 1 aromatic rings. The number of nitrogens with zero attached hydrogens (tertiary/aromatic N) is 1. The molecule has 1 rings (SSSR count). The van der Waals surface area contributed by atoms with Gasteiger partial charge in [-0.15, -0.1) is 0 Å². The highest BCUT2D eigenvalue weighted by molar-refractivity contribution is 7.80. The fourth-order valence-corrected chi connectivity index (χ4v) is 1.61. The molecule has 0 amide bonds. The summed E-state index contributed by atoms with van der Waals surface area (Å²) < 4.78 is 10.5. The monoisotopic (exact) mass is 227 g/mol. The third-order valence-corrected chi connectivity index (χ3v) is 2.75. The molecule has 0 fully saturated rings. The molecule has 1 aromatic carbocycles. The van der Waals surface area contributed by atoms with Crippen molar-refractivity contribution in [1.29, 1.82) is 0 Å². The van der Waals surface area contributed by atoms with Crippen LogP contribution in [-0.2, 0) is 0 Å². The van der Waals surface area contributed by atoms with Gasteiger partial charge in [0, 0.05) is 18.8 Å². The van der Waals surface area contributed by atoms with Crippen LogP contribution in [0.3, 0.4) is 0 Å². The van der Waals surface area contributed by atoms with Gasteiger partial charge in [0.05, 0.1) is 20.1 Å². The van der Waals surface area contributed by atoms with E-state index in [-0.39, 0.29) is 0 Å². The normalized spacial score (nSPS) is 9.93. The van der Waals surface area contributed by atoms with E-state index in [1.807, 2.05) is 31.0 Å². The van der Waals surface area contributed by atoms with E-state index in [1.54, 1.807) is 14.2 Å². The molecule has 0 radical (unpaired) electrons. The molecule has 0 atom stereocenters. The van der Waals surface area contributed by atoms with E-state index in [0.29, 0.717) is 5.88 Å². The Morgan fingerprint density at radius 1 is 1.20 bits per heavy atom. The van der Waals surface area contributed by atoms with Gasteiger partial charge in [-0.05, 0) is 18.6 Å². The second kappa shape index (κ2) is 5.16. The molecular formula is C11H17NO2S. The molecule has 0 aliphatic heterocycles. The number of rotatable bonds is 4. The average Bonchev–Trinajstić information content (AvgIpc) is 2.27. The van der Waals surface area contributed by atoms with Gasteiger partial charge in [-0.2, -0.15) is 12.6 Å². The Balaban J connectivity index is 3.19. The van der Waals surface area contributed by atoms with Crippen LogP contribution in [0.1, 0.15) is 5.56 Å². The van der Waals surface area contributed by atoms with Crippen molar-refractivity contribution in [3.05, 3.63) is 17.7 Å². The maximum atomic E-state index is 5.25. The van der Waals surface area contributed by atoms with Gasteiger partial charge in [0.2, 0.25) is 0 Å². The smallest absolute Gasteiger partial charge is 0.162 e. The molecular weight excluding hydrogens is 210 g/mol. The Bertz CT molecular complexity index is 342. The lowest BCUT2D eigenvalue weighted by molar-refractivity contribution is 0.355. The molecule has 0 saturated heterocycles. The largest absolute Gasteiger partial charge is 0.493 e. The average molecular weight is 227 g/mol. The van der Waals surface area contributed by atoms with Crippen LogP contribution in [0.25, 0.3) is 0 Å². The summed E-state index contributed by atoms with van der Waals surface area (Å²) in [6, 6.07) is 3.93. The number of anilines is 1. The molecule has 4 heteroatoms. The lowest BCUT2D eigenvalue weighted by Crippen LogP contribution is -2.15. The summed E-state index contributed by atoms with van der Waals surface area (Å²) in [7, 11) is 5.26. The second-order valence-electron chi connectivity index (χ2n) is 3.33. The number of benzene rings is 1. The van der Waals surface area contributed by atoms with E-state index in [4.69, 9.17) is 9.47 Å². The zero-order valence-electron chi connectivity index (χ0n) is 9.57. The fourth-order valence-electron chi connectivity index (χ4n) is 1.46. The number of aryl methyl sites for hydroxylation is 1. The van der Waals surface area contributed by atoms with Crippen LogP contribution in [0.5, 0.6) is 11.5 Å². The second-order valence-corrected chi connectivity index (χ2v) is 3.62. The Morgan fingerprint density at radius 2 is 1.73 bits per heavy atom. The van der Waals surface area contributed by atoms with Crippen molar-refractivity contribution in [1.82, 2.24) is 0 Å². The summed E-state index contributed by atoms with van der Waals surface area (Å²) in [5.74, 6) is 2.16. The highest BCUT2D eigenvalue weighted by Crippen LogP contribution is 2.34. The minimum Gasteiger partial charge on any atom is -0.493 e. The summed E-state index contributed by atoms with van der Waals surface area (Å²) in [5.41, 5.74) is 2.24. The molecule has 0 aromatic heterocycles. The van der Waals surface area contributed by atoms with Crippen LogP contribution in [0.15, 0.2) is 12.1 Å². The van der Waals surface area contributed by atoms with Crippen molar-refractivity contribution in [2.45, 2.75) is 6.92 Å².